The lowest BCUT2D eigenvalue weighted by Gasteiger charge is -2.26. The van der Waals surface area contributed by atoms with Gasteiger partial charge in [-0.25, -0.2) is 4.98 Å². The van der Waals surface area contributed by atoms with E-state index in [-0.39, 0.29) is 11.3 Å². The zero-order valence-electron chi connectivity index (χ0n) is 14.7. The van der Waals surface area contributed by atoms with Gasteiger partial charge in [-0.2, -0.15) is 13.2 Å². The zero-order valence-corrected chi connectivity index (χ0v) is 14.7. The number of ether oxygens (including phenoxy) is 1. The van der Waals surface area contributed by atoms with Crippen LogP contribution in [0.5, 0.6) is 5.75 Å². The number of aryl methyl sites for hydroxylation is 1. The number of benzene rings is 1. The Hall–Kier alpha value is -2.32. The van der Waals surface area contributed by atoms with Gasteiger partial charge in [0.2, 0.25) is 0 Å². The van der Waals surface area contributed by atoms with Crippen LogP contribution in [0.4, 0.5) is 13.2 Å². The topological polar surface area (TPSA) is 50.5 Å². The first-order valence-corrected chi connectivity index (χ1v) is 8.92. The first-order chi connectivity index (χ1) is 12.9. The molecular weight excluding hydrogens is 359 g/mol. The van der Waals surface area contributed by atoms with E-state index in [0.29, 0.717) is 42.5 Å². The largest absolute Gasteiger partial charge is 0.508 e. The van der Waals surface area contributed by atoms with Crippen LogP contribution in [0.2, 0.25) is 0 Å². The van der Waals surface area contributed by atoms with Gasteiger partial charge in [0.05, 0.1) is 24.2 Å². The number of pyridine rings is 1. The predicted octanol–water partition coefficient (Wildman–Crippen LogP) is 3.64. The van der Waals surface area contributed by atoms with Crippen molar-refractivity contribution in [2.45, 2.75) is 19.1 Å². The second-order valence-corrected chi connectivity index (χ2v) is 6.71. The average molecular weight is 379 g/mol. The fourth-order valence-corrected chi connectivity index (χ4v) is 3.75. The Kier molecular flexibility index (Phi) is 4.69. The number of alkyl halides is 3. The molecule has 1 fully saturated rings. The minimum absolute atomic E-state index is 0.0289. The smallest absolute Gasteiger partial charge is 0.435 e. The van der Waals surface area contributed by atoms with Gasteiger partial charge < -0.3 is 14.4 Å². The van der Waals surface area contributed by atoms with Crippen LogP contribution in [0.15, 0.2) is 30.5 Å². The van der Waals surface area contributed by atoms with Gasteiger partial charge in [0.1, 0.15) is 5.75 Å². The van der Waals surface area contributed by atoms with Crippen molar-refractivity contribution in [3.63, 3.8) is 0 Å². The maximum atomic E-state index is 13.6. The van der Waals surface area contributed by atoms with Crippen LogP contribution >= 0.6 is 0 Å². The SMILES string of the molecule is Oc1ccc2c3ccnc(C(F)(F)F)c3n(CCCN3CCOCC3)c2c1. The van der Waals surface area contributed by atoms with Crippen LogP contribution in [0.25, 0.3) is 21.8 Å². The molecule has 3 aromatic rings. The highest BCUT2D eigenvalue weighted by Gasteiger charge is 2.36. The molecule has 1 aromatic carbocycles. The fraction of sp³-hybridized carbons (Fsp3) is 0.421. The first kappa shape index (κ1) is 18.1. The van der Waals surface area contributed by atoms with Gasteiger partial charge in [-0.1, -0.05) is 0 Å². The maximum Gasteiger partial charge on any atom is 0.435 e. The lowest BCUT2D eigenvalue weighted by atomic mass is 10.1. The molecule has 1 aliphatic rings. The molecule has 2 aromatic heterocycles. The van der Waals surface area contributed by atoms with Gasteiger partial charge in [0.15, 0.2) is 5.69 Å². The molecule has 3 heterocycles. The third kappa shape index (κ3) is 3.46. The van der Waals surface area contributed by atoms with Crippen molar-refractivity contribution in [1.82, 2.24) is 14.5 Å². The summed E-state index contributed by atoms with van der Waals surface area (Å²) in [4.78, 5) is 5.87. The Morgan fingerprint density at radius 3 is 2.59 bits per heavy atom. The molecule has 27 heavy (non-hydrogen) atoms. The van der Waals surface area contributed by atoms with E-state index in [9.17, 15) is 18.3 Å². The molecule has 0 radical (unpaired) electrons. The van der Waals surface area contributed by atoms with Crippen LogP contribution in [-0.4, -0.2) is 52.4 Å². The van der Waals surface area contributed by atoms with Gasteiger partial charge in [0, 0.05) is 49.2 Å². The van der Waals surface area contributed by atoms with Crippen LogP contribution in [0, 0.1) is 0 Å². The summed E-state index contributed by atoms with van der Waals surface area (Å²) in [5.41, 5.74) is -0.222. The third-order valence-corrected chi connectivity index (χ3v) is 4.98. The zero-order chi connectivity index (χ0) is 19.0. The highest BCUT2D eigenvalue weighted by atomic mass is 19.4. The number of aromatic nitrogens is 2. The standard InChI is InChI=1S/C19H20F3N3O2/c20-19(21,22)18-17-15(4-5-23-18)14-3-2-13(26)12-16(14)25(17)7-1-6-24-8-10-27-11-9-24/h2-5,12,26H,1,6-11H2. The molecule has 0 saturated carbocycles. The van der Waals surface area contributed by atoms with Gasteiger partial charge >= 0.3 is 6.18 Å². The van der Waals surface area contributed by atoms with Crippen molar-refractivity contribution in [3.8, 4) is 5.75 Å². The number of fused-ring (bicyclic) bond motifs is 3. The van der Waals surface area contributed by atoms with Gasteiger partial charge in [-0.3, -0.25) is 4.90 Å². The van der Waals surface area contributed by atoms with Gasteiger partial charge in [-0.05, 0) is 24.6 Å². The first-order valence-electron chi connectivity index (χ1n) is 8.92. The Bertz CT molecular complexity index is 962. The number of phenols is 1. The van der Waals surface area contributed by atoms with Gasteiger partial charge in [0.25, 0.3) is 0 Å². The molecule has 1 N–H and O–H groups in total. The van der Waals surface area contributed by atoms with Crippen molar-refractivity contribution in [2.75, 3.05) is 32.8 Å². The van der Waals surface area contributed by atoms with Gasteiger partial charge in [-0.15, -0.1) is 0 Å². The number of hydrogen-bond donors (Lipinski definition) is 1. The van der Waals surface area contributed by atoms with Crippen LogP contribution in [0.3, 0.4) is 0 Å². The second kappa shape index (κ2) is 7.01. The Morgan fingerprint density at radius 1 is 1.07 bits per heavy atom. The van der Waals surface area contributed by atoms with Crippen molar-refractivity contribution in [2.24, 2.45) is 0 Å². The number of aromatic hydroxyl groups is 1. The molecule has 5 nitrogen and oxygen atoms in total. The number of nitrogens with zero attached hydrogens (tertiary/aromatic N) is 3. The molecule has 1 saturated heterocycles. The van der Waals surface area contributed by atoms with Crippen molar-refractivity contribution < 1.29 is 23.0 Å². The van der Waals surface area contributed by atoms with E-state index in [1.807, 2.05) is 0 Å². The van der Waals surface area contributed by atoms with Crippen LogP contribution in [0.1, 0.15) is 12.1 Å². The Morgan fingerprint density at radius 2 is 1.85 bits per heavy atom. The van der Waals surface area contributed by atoms with Crippen molar-refractivity contribution in [3.05, 3.63) is 36.2 Å². The monoisotopic (exact) mass is 379 g/mol. The predicted molar refractivity (Wildman–Crippen MR) is 95.8 cm³/mol. The second-order valence-electron chi connectivity index (χ2n) is 6.71. The number of rotatable bonds is 4. The summed E-state index contributed by atoms with van der Waals surface area (Å²) in [5.74, 6) is 0.0289. The summed E-state index contributed by atoms with van der Waals surface area (Å²) in [6.45, 7) is 4.24. The highest BCUT2D eigenvalue weighted by Crippen LogP contribution is 2.38. The summed E-state index contributed by atoms with van der Waals surface area (Å²) >= 11 is 0. The van der Waals surface area contributed by atoms with E-state index in [1.54, 1.807) is 16.7 Å². The number of hydrogen-bond acceptors (Lipinski definition) is 4. The molecule has 4 rings (SSSR count). The summed E-state index contributed by atoms with van der Waals surface area (Å²) in [6.07, 6.45) is -2.66. The minimum Gasteiger partial charge on any atom is -0.508 e. The van der Waals surface area contributed by atoms with E-state index in [1.165, 1.54) is 18.3 Å². The quantitative estimate of drug-likeness (QED) is 0.752. The maximum absolute atomic E-state index is 13.6. The lowest BCUT2D eigenvalue weighted by molar-refractivity contribution is -0.140. The Balaban J connectivity index is 1.76. The summed E-state index contributed by atoms with van der Waals surface area (Å²) < 4.78 is 47.7. The fourth-order valence-electron chi connectivity index (χ4n) is 3.75. The lowest BCUT2D eigenvalue weighted by Crippen LogP contribution is -2.37. The van der Waals surface area contributed by atoms with Crippen LogP contribution in [-0.2, 0) is 17.5 Å². The third-order valence-electron chi connectivity index (χ3n) is 4.98. The van der Waals surface area contributed by atoms with Crippen molar-refractivity contribution >= 4 is 21.8 Å². The number of morpholine rings is 1. The van der Waals surface area contributed by atoms with Crippen LogP contribution < -0.4 is 0 Å². The average Bonchev–Trinajstić information content (AvgIpc) is 2.95. The number of phenolic OH excluding ortho intramolecular Hbond substituents is 1. The molecule has 0 bridgehead atoms. The minimum atomic E-state index is -4.54. The molecule has 0 amide bonds. The number of halogens is 3. The molecule has 8 heteroatoms. The molecule has 144 valence electrons. The molecular formula is C19H20F3N3O2. The molecule has 0 unspecified atom stereocenters. The van der Waals surface area contributed by atoms with Crippen molar-refractivity contribution in [1.29, 1.82) is 0 Å². The Labute approximate surface area is 154 Å². The molecule has 0 aliphatic carbocycles. The highest BCUT2D eigenvalue weighted by molar-refractivity contribution is 6.09. The van der Waals surface area contributed by atoms with E-state index in [0.717, 1.165) is 19.6 Å². The van der Waals surface area contributed by atoms with E-state index >= 15 is 0 Å². The molecule has 0 atom stereocenters. The normalized spacial score (nSPS) is 16.4. The molecule has 0 spiro atoms. The summed E-state index contributed by atoms with van der Waals surface area (Å²) in [6, 6.07) is 6.27. The molecule has 1 aliphatic heterocycles. The van der Waals surface area contributed by atoms with E-state index < -0.39 is 11.9 Å². The summed E-state index contributed by atoms with van der Waals surface area (Å²) in [5, 5.41) is 11.0. The van der Waals surface area contributed by atoms with E-state index in [4.69, 9.17) is 4.74 Å². The van der Waals surface area contributed by atoms with E-state index in [2.05, 4.69) is 9.88 Å². The summed E-state index contributed by atoms with van der Waals surface area (Å²) in [7, 11) is 0.